The van der Waals surface area contributed by atoms with E-state index < -0.39 is 10.4 Å². The van der Waals surface area contributed by atoms with Crippen molar-refractivity contribution in [2.75, 3.05) is 13.2 Å². The molecule has 0 aromatic rings. The van der Waals surface area contributed by atoms with Gasteiger partial charge in [0, 0.05) is 0 Å². The third-order valence-corrected chi connectivity index (χ3v) is 8.52. The van der Waals surface area contributed by atoms with Gasteiger partial charge in [-0.2, -0.15) is 8.42 Å². The molecular weight excluding hydrogens is 504 g/mol. The Morgan fingerprint density at radius 3 is 0.949 bits per heavy atom. The molecule has 0 spiro atoms. The highest BCUT2D eigenvalue weighted by atomic mass is 32.3. The first-order valence-corrected chi connectivity index (χ1v) is 18.6. The average molecular weight is 573 g/mol. The van der Waals surface area contributed by atoms with Crippen LogP contribution in [0.3, 0.4) is 0 Å². The molecule has 0 amide bonds. The minimum Gasteiger partial charge on any atom is -0.248 e. The molecule has 0 aliphatic carbocycles. The largest absolute Gasteiger partial charge is 0.399 e. The fourth-order valence-corrected chi connectivity index (χ4v) is 5.71. The minimum absolute atomic E-state index is 0.238. The average Bonchev–Trinajstić information content (AvgIpc) is 2.92. The van der Waals surface area contributed by atoms with Crippen LogP contribution < -0.4 is 0 Å². The lowest BCUT2D eigenvalue weighted by molar-refractivity contribution is 0.208. The summed E-state index contributed by atoms with van der Waals surface area (Å²) in [5.74, 6) is 0. The molecule has 0 aromatic carbocycles. The Hall–Kier alpha value is -0.390. The third kappa shape index (κ3) is 33.7. The maximum absolute atomic E-state index is 11.9. The quantitative estimate of drug-likeness (QED) is 0.0579. The van der Waals surface area contributed by atoms with Crippen molar-refractivity contribution in [3.8, 4) is 0 Å². The van der Waals surface area contributed by atoms with Crippen molar-refractivity contribution < 1.29 is 16.8 Å². The van der Waals surface area contributed by atoms with Crippen LogP contribution in [-0.4, -0.2) is 21.6 Å². The van der Waals surface area contributed by atoms with Crippen LogP contribution in [0, 0.1) is 0 Å². The van der Waals surface area contributed by atoms with Crippen LogP contribution in [0.25, 0.3) is 0 Å². The first-order valence-electron chi connectivity index (χ1n) is 17.3. The predicted molar refractivity (Wildman–Crippen MR) is 171 cm³/mol. The summed E-state index contributed by atoms with van der Waals surface area (Å²) in [6.07, 6.45) is 40.0. The molecule has 0 unspecified atom stereocenters. The van der Waals surface area contributed by atoms with E-state index in [0.29, 0.717) is 0 Å². The molecule has 0 aliphatic heterocycles. The van der Waals surface area contributed by atoms with Crippen LogP contribution in [0.2, 0.25) is 0 Å². The van der Waals surface area contributed by atoms with Gasteiger partial charge in [0.05, 0.1) is 13.2 Å². The second-order valence-corrected chi connectivity index (χ2v) is 12.9. The van der Waals surface area contributed by atoms with Crippen LogP contribution >= 0.6 is 0 Å². The molecular formula is C34H68O4S. The van der Waals surface area contributed by atoms with E-state index in [2.05, 4.69) is 26.0 Å². The molecule has 0 bridgehead atoms. The van der Waals surface area contributed by atoms with E-state index in [1.54, 1.807) is 0 Å². The summed E-state index contributed by atoms with van der Waals surface area (Å²) in [6.45, 7) is 5.02. The normalized spacial score (nSPS) is 12.2. The van der Waals surface area contributed by atoms with Crippen molar-refractivity contribution in [2.45, 2.75) is 194 Å². The fraction of sp³-hybridized carbons (Fsp3) is 0.941. The van der Waals surface area contributed by atoms with E-state index in [9.17, 15) is 8.42 Å². The van der Waals surface area contributed by atoms with Crippen molar-refractivity contribution in [1.29, 1.82) is 0 Å². The zero-order valence-electron chi connectivity index (χ0n) is 26.4. The smallest absolute Gasteiger partial charge is 0.248 e. The highest BCUT2D eigenvalue weighted by Gasteiger charge is 2.11. The van der Waals surface area contributed by atoms with Crippen LogP contribution in [0.4, 0.5) is 0 Å². The van der Waals surface area contributed by atoms with Gasteiger partial charge < -0.3 is 0 Å². The molecule has 5 heteroatoms. The van der Waals surface area contributed by atoms with Gasteiger partial charge in [-0.1, -0.05) is 167 Å². The molecule has 0 heterocycles. The van der Waals surface area contributed by atoms with Crippen LogP contribution in [0.15, 0.2) is 12.2 Å². The summed E-state index contributed by atoms with van der Waals surface area (Å²) in [7, 11) is -3.83. The van der Waals surface area contributed by atoms with Crippen molar-refractivity contribution in [3.05, 3.63) is 12.2 Å². The third-order valence-electron chi connectivity index (χ3n) is 7.61. The molecule has 0 aliphatic rings. The Morgan fingerprint density at radius 2 is 0.641 bits per heavy atom. The van der Waals surface area contributed by atoms with Gasteiger partial charge in [0.1, 0.15) is 0 Å². The fourth-order valence-electron chi connectivity index (χ4n) is 5.00. The monoisotopic (exact) mass is 572 g/mol. The van der Waals surface area contributed by atoms with Gasteiger partial charge >= 0.3 is 10.4 Å². The van der Waals surface area contributed by atoms with Gasteiger partial charge in [-0.25, -0.2) is 8.37 Å². The number of rotatable bonds is 33. The lowest BCUT2D eigenvalue weighted by atomic mass is 10.0. The van der Waals surface area contributed by atoms with Crippen LogP contribution in [0.1, 0.15) is 194 Å². The molecule has 0 N–H and O–H groups in total. The Kier molecular flexibility index (Phi) is 31.8. The van der Waals surface area contributed by atoms with Crippen molar-refractivity contribution in [1.82, 2.24) is 0 Å². The predicted octanol–water partition coefficient (Wildman–Crippen LogP) is 11.8. The Balaban J connectivity index is 3.32. The van der Waals surface area contributed by atoms with Crippen molar-refractivity contribution in [2.24, 2.45) is 0 Å². The Morgan fingerprint density at radius 1 is 0.385 bits per heavy atom. The highest BCUT2D eigenvalue weighted by molar-refractivity contribution is 7.81. The molecule has 234 valence electrons. The van der Waals surface area contributed by atoms with Crippen molar-refractivity contribution >= 4 is 10.4 Å². The summed E-state index contributed by atoms with van der Waals surface area (Å²) in [5, 5.41) is 0. The molecule has 0 aromatic heterocycles. The topological polar surface area (TPSA) is 52.6 Å². The molecule has 0 saturated heterocycles. The van der Waals surface area contributed by atoms with E-state index in [1.807, 2.05) is 0 Å². The number of hydrogen-bond acceptors (Lipinski definition) is 4. The van der Waals surface area contributed by atoms with Gasteiger partial charge in [0.25, 0.3) is 0 Å². The summed E-state index contributed by atoms with van der Waals surface area (Å²) < 4.78 is 33.8. The van der Waals surface area contributed by atoms with Gasteiger partial charge in [0.2, 0.25) is 0 Å². The second-order valence-electron chi connectivity index (χ2n) is 11.6. The lowest BCUT2D eigenvalue weighted by Crippen LogP contribution is -2.12. The van der Waals surface area contributed by atoms with Gasteiger partial charge in [-0.05, 0) is 38.5 Å². The maximum Gasteiger partial charge on any atom is 0.399 e. The minimum atomic E-state index is -3.83. The van der Waals surface area contributed by atoms with Crippen molar-refractivity contribution in [3.63, 3.8) is 0 Å². The highest BCUT2D eigenvalue weighted by Crippen LogP contribution is 2.14. The number of allylic oxidation sites excluding steroid dienone is 2. The van der Waals surface area contributed by atoms with E-state index in [4.69, 9.17) is 8.37 Å². The first kappa shape index (κ1) is 38.6. The van der Waals surface area contributed by atoms with Crippen LogP contribution in [-0.2, 0) is 18.8 Å². The standard InChI is InChI=1S/C34H68O4S/c1-3-5-7-9-11-13-15-17-19-20-22-24-26-28-30-32-34-38-39(35,36)37-33-31-29-27-25-23-21-18-16-14-12-10-8-6-4-2/h17,19H,3-16,18,20-34H2,1-2H3/b19-17-. The zero-order valence-corrected chi connectivity index (χ0v) is 27.2. The summed E-state index contributed by atoms with van der Waals surface area (Å²) in [4.78, 5) is 0. The molecule has 0 radical (unpaired) electrons. The van der Waals surface area contributed by atoms with E-state index >= 15 is 0 Å². The van der Waals surface area contributed by atoms with E-state index in [0.717, 1.165) is 38.5 Å². The Bertz CT molecular complexity index is 588. The summed E-state index contributed by atoms with van der Waals surface area (Å²) in [5.41, 5.74) is 0. The van der Waals surface area contributed by atoms with Gasteiger partial charge in [-0.15, -0.1) is 0 Å². The first-order chi connectivity index (χ1) is 19.1. The SMILES string of the molecule is CCCCCCCC/C=C\CCCCCCCCOS(=O)(=O)OCCCCCCCCCCCCCCCC. The lowest BCUT2D eigenvalue weighted by Gasteiger charge is -2.06. The molecule has 0 fully saturated rings. The summed E-state index contributed by atoms with van der Waals surface area (Å²) >= 11 is 0. The summed E-state index contributed by atoms with van der Waals surface area (Å²) in [6, 6.07) is 0. The molecule has 4 nitrogen and oxygen atoms in total. The van der Waals surface area contributed by atoms with E-state index in [1.165, 1.54) is 141 Å². The Labute approximate surface area is 245 Å². The van der Waals surface area contributed by atoms with Gasteiger partial charge in [-0.3, -0.25) is 0 Å². The zero-order chi connectivity index (χ0) is 28.5. The van der Waals surface area contributed by atoms with E-state index in [-0.39, 0.29) is 13.2 Å². The molecule has 0 saturated carbocycles. The second kappa shape index (κ2) is 32.1. The maximum atomic E-state index is 11.9. The van der Waals surface area contributed by atoms with Crippen LogP contribution in [0.5, 0.6) is 0 Å². The number of unbranched alkanes of at least 4 members (excludes halogenated alkanes) is 25. The molecule has 0 atom stereocenters. The molecule has 0 rings (SSSR count). The van der Waals surface area contributed by atoms with Gasteiger partial charge in [0.15, 0.2) is 0 Å². The molecule has 39 heavy (non-hydrogen) atoms. The number of hydrogen-bond donors (Lipinski definition) is 0.